The van der Waals surface area contributed by atoms with Gasteiger partial charge in [-0.1, -0.05) is 19.1 Å². The van der Waals surface area contributed by atoms with E-state index in [9.17, 15) is 4.79 Å². The Morgan fingerprint density at radius 1 is 1.32 bits per heavy atom. The number of aryl methyl sites for hydroxylation is 1. The maximum absolute atomic E-state index is 12.3. The molecule has 5 nitrogen and oxygen atoms in total. The summed E-state index contributed by atoms with van der Waals surface area (Å²) in [6, 6.07) is 7.38. The summed E-state index contributed by atoms with van der Waals surface area (Å²) < 4.78 is 0. The number of aromatic amines is 1. The van der Waals surface area contributed by atoms with Gasteiger partial charge in [-0.25, -0.2) is 4.85 Å². The van der Waals surface area contributed by atoms with Crippen LogP contribution in [0.15, 0.2) is 24.3 Å². The largest absolute Gasteiger partial charge is 0.339 e. The summed E-state index contributed by atoms with van der Waals surface area (Å²) in [5, 5.41) is 7.16. The minimum absolute atomic E-state index is 0.0886. The Morgan fingerprint density at radius 2 is 2.00 bits per heavy atom. The second kappa shape index (κ2) is 6.02. The van der Waals surface area contributed by atoms with E-state index in [1.807, 2.05) is 36.1 Å². The number of carbonyl (C=O) groups is 1. The molecule has 1 N–H and O–H groups in total. The molecule has 0 atom stereocenters. The van der Waals surface area contributed by atoms with Crippen LogP contribution in [0.2, 0.25) is 0 Å². The molecule has 1 aromatic heterocycles. The molecule has 2 aromatic rings. The molecular formula is C17H18N4O. The van der Waals surface area contributed by atoms with Gasteiger partial charge in [0.05, 0.1) is 12.3 Å². The van der Waals surface area contributed by atoms with Crippen molar-refractivity contribution in [1.29, 1.82) is 0 Å². The Kier molecular flexibility index (Phi) is 3.92. The minimum Gasteiger partial charge on any atom is -0.339 e. The summed E-state index contributed by atoms with van der Waals surface area (Å²) in [5.41, 5.74) is 3.64. The van der Waals surface area contributed by atoms with E-state index in [1.165, 1.54) is 0 Å². The molecule has 1 fully saturated rings. The predicted octanol–water partition coefficient (Wildman–Crippen LogP) is 3.43. The molecular weight excluding hydrogens is 276 g/mol. The van der Waals surface area contributed by atoms with Gasteiger partial charge < -0.3 is 4.90 Å². The van der Waals surface area contributed by atoms with E-state index in [0.29, 0.717) is 16.9 Å². The lowest BCUT2D eigenvalue weighted by molar-refractivity contribution is 0.0793. The SMILES string of the molecule is [C-]#[N+]c1c(-c2ccc(C(=O)N3CCCC3)cc2)n[nH]c1CC. The van der Waals surface area contributed by atoms with Crippen LogP contribution in [-0.4, -0.2) is 34.1 Å². The Bertz CT molecular complexity index is 718. The van der Waals surface area contributed by atoms with Crippen LogP contribution >= 0.6 is 0 Å². The van der Waals surface area contributed by atoms with Crippen LogP contribution in [0.5, 0.6) is 0 Å². The molecule has 3 rings (SSSR count). The quantitative estimate of drug-likeness (QED) is 0.882. The fourth-order valence-corrected chi connectivity index (χ4v) is 2.81. The minimum atomic E-state index is 0.0886. The fourth-order valence-electron chi connectivity index (χ4n) is 2.81. The molecule has 22 heavy (non-hydrogen) atoms. The third kappa shape index (κ3) is 2.48. The van der Waals surface area contributed by atoms with E-state index in [-0.39, 0.29) is 5.91 Å². The number of likely N-dealkylation sites (tertiary alicyclic amines) is 1. The average Bonchev–Trinajstić information content (AvgIpc) is 3.23. The van der Waals surface area contributed by atoms with E-state index in [4.69, 9.17) is 6.57 Å². The maximum atomic E-state index is 12.3. The third-order valence-electron chi connectivity index (χ3n) is 4.08. The first-order valence-electron chi connectivity index (χ1n) is 7.59. The van der Waals surface area contributed by atoms with Crippen molar-refractivity contribution in [2.75, 3.05) is 13.1 Å². The van der Waals surface area contributed by atoms with E-state index in [0.717, 1.165) is 43.6 Å². The number of hydrogen-bond acceptors (Lipinski definition) is 2. The highest BCUT2D eigenvalue weighted by atomic mass is 16.2. The number of aromatic nitrogens is 2. The number of nitrogens with one attached hydrogen (secondary N) is 1. The van der Waals surface area contributed by atoms with Crippen molar-refractivity contribution in [3.8, 4) is 11.3 Å². The van der Waals surface area contributed by atoms with Crippen molar-refractivity contribution >= 4 is 11.6 Å². The highest BCUT2D eigenvalue weighted by Gasteiger charge is 2.20. The van der Waals surface area contributed by atoms with E-state index in [1.54, 1.807) is 0 Å². The molecule has 1 aromatic carbocycles. The molecule has 0 unspecified atom stereocenters. The van der Waals surface area contributed by atoms with Crippen LogP contribution in [0.1, 0.15) is 35.8 Å². The number of rotatable bonds is 3. The normalized spacial score (nSPS) is 14.1. The second-order valence-corrected chi connectivity index (χ2v) is 5.44. The van der Waals surface area contributed by atoms with Crippen molar-refractivity contribution < 1.29 is 4.79 Å². The number of H-pyrrole nitrogens is 1. The fraction of sp³-hybridized carbons (Fsp3) is 0.353. The van der Waals surface area contributed by atoms with Gasteiger partial charge in [0.1, 0.15) is 0 Å². The molecule has 1 aliphatic heterocycles. The zero-order chi connectivity index (χ0) is 15.5. The third-order valence-corrected chi connectivity index (χ3v) is 4.08. The molecule has 0 radical (unpaired) electrons. The first-order chi connectivity index (χ1) is 10.7. The summed E-state index contributed by atoms with van der Waals surface area (Å²) >= 11 is 0. The zero-order valence-corrected chi connectivity index (χ0v) is 12.6. The monoisotopic (exact) mass is 294 g/mol. The summed E-state index contributed by atoms with van der Waals surface area (Å²) in [7, 11) is 0. The molecule has 0 bridgehead atoms. The van der Waals surface area contributed by atoms with Gasteiger partial charge in [0.25, 0.3) is 5.91 Å². The van der Waals surface area contributed by atoms with E-state index < -0.39 is 0 Å². The van der Waals surface area contributed by atoms with Crippen LogP contribution in [0.4, 0.5) is 5.69 Å². The van der Waals surface area contributed by atoms with Gasteiger partial charge in [-0.15, -0.1) is 0 Å². The van der Waals surface area contributed by atoms with Gasteiger partial charge >= 0.3 is 0 Å². The van der Waals surface area contributed by atoms with Crippen molar-refractivity contribution in [2.24, 2.45) is 0 Å². The first-order valence-corrected chi connectivity index (χ1v) is 7.59. The second-order valence-electron chi connectivity index (χ2n) is 5.44. The van der Waals surface area contributed by atoms with E-state index in [2.05, 4.69) is 15.0 Å². The van der Waals surface area contributed by atoms with Crippen molar-refractivity contribution in [1.82, 2.24) is 15.1 Å². The summed E-state index contributed by atoms with van der Waals surface area (Å²) in [6.07, 6.45) is 2.92. The lowest BCUT2D eigenvalue weighted by Crippen LogP contribution is -2.27. The number of nitrogens with zero attached hydrogens (tertiary/aromatic N) is 3. The number of benzene rings is 1. The molecule has 5 heteroatoms. The maximum Gasteiger partial charge on any atom is 0.253 e. The summed E-state index contributed by atoms with van der Waals surface area (Å²) in [4.78, 5) is 17.8. The Hall–Kier alpha value is -2.61. The molecule has 1 saturated heterocycles. The van der Waals surface area contributed by atoms with Crippen LogP contribution in [0.25, 0.3) is 16.1 Å². The molecule has 0 spiro atoms. The Morgan fingerprint density at radius 3 is 2.59 bits per heavy atom. The van der Waals surface area contributed by atoms with Gasteiger partial charge in [0.15, 0.2) is 0 Å². The smallest absolute Gasteiger partial charge is 0.253 e. The molecule has 2 heterocycles. The number of hydrogen-bond donors (Lipinski definition) is 1. The Labute approximate surface area is 129 Å². The van der Waals surface area contributed by atoms with E-state index >= 15 is 0 Å². The molecule has 112 valence electrons. The summed E-state index contributed by atoms with van der Waals surface area (Å²) in [6.45, 7) is 11.0. The standard InChI is InChI=1S/C17H18N4O/c1-3-14-16(18-2)15(20-19-14)12-6-8-13(9-7-12)17(22)21-10-4-5-11-21/h6-9H,3-5,10-11H2,1H3,(H,19,20). The van der Waals surface area contributed by atoms with Crippen molar-refractivity contribution in [2.45, 2.75) is 26.2 Å². The lowest BCUT2D eigenvalue weighted by Gasteiger charge is -2.15. The van der Waals surface area contributed by atoms with Gasteiger partial charge in [0.2, 0.25) is 5.69 Å². The predicted molar refractivity (Wildman–Crippen MR) is 84.8 cm³/mol. The number of amides is 1. The van der Waals surface area contributed by atoms with Crippen LogP contribution in [0, 0.1) is 6.57 Å². The molecule has 0 saturated carbocycles. The molecule has 0 aliphatic carbocycles. The van der Waals surface area contributed by atoms with Gasteiger partial charge in [-0.05, 0) is 37.0 Å². The molecule has 1 amide bonds. The Balaban J connectivity index is 1.87. The van der Waals surface area contributed by atoms with Gasteiger partial charge in [-0.2, -0.15) is 5.10 Å². The highest BCUT2D eigenvalue weighted by molar-refractivity contribution is 5.95. The summed E-state index contributed by atoms with van der Waals surface area (Å²) in [5.74, 6) is 0.0886. The highest BCUT2D eigenvalue weighted by Crippen LogP contribution is 2.31. The van der Waals surface area contributed by atoms with Crippen molar-refractivity contribution in [3.63, 3.8) is 0 Å². The van der Waals surface area contributed by atoms with Crippen molar-refractivity contribution in [3.05, 3.63) is 46.9 Å². The topological polar surface area (TPSA) is 53.4 Å². The van der Waals surface area contributed by atoms with Gasteiger partial charge in [-0.3, -0.25) is 9.89 Å². The molecule has 1 aliphatic rings. The lowest BCUT2D eigenvalue weighted by atomic mass is 10.1. The van der Waals surface area contributed by atoms with Crippen LogP contribution in [-0.2, 0) is 6.42 Å². The number of carbonyl (C=O) groups excluding carboxylic acids is 1. The zero-order valence-electron chi connectivity index (χ0n) is 12.6. The van der Waals surface area contributed by atoms with Crippen LogP contribution in [0.3, 0.4) is 0 Å². The van der Waals surface area contributed by atoms with Crippen LogP contribution < -0.4 is 0 Å². The van der Waals surface area contributed by atoms with Gasteiger partial charge in [0, 0.05) is 24.3 Å². The average molecular weight is 294 g/mol. The first kappa shape index (κ1) is 14.3.